The van der Waals surface area contributed by atoms with E-state index in [-0.39, 0.29) is 6.04 Å². The van der Waals surface area contributed by atoms with Gasteiger partial charge >= 0.3 is 0 Å². The number of rotatable bonds is 9. The maximum Gasteiger partial charge on any atom is 0.0722 e. The van der Waals surface area contributed by atoms with Crippen molar-refractivity contribution >= 4 is 0 Å². The topological polar surface area (TPSA) is 46.2 Å². The average molecular weight is 225 g/mol. The van der Waals surface area contributed by atoms with E-state index in [0.29, 0.717) is 6.42 Å². The molecule has 0 aliphatic rings. The highest BCUT2D eigenvalue weighted by atomic mass is 16.3. The fourth-order valence-corrected chi connectivity index (χ4v) is 1.37. The highest BCUT2D eigenvalue weighted by molar-refractivity contribution is 5.03. The zero-order chi connectivity index (χ0) is 12.2. The summed E-state index contributed by atoms with van der Waals surface area (Å²) in [6, 6.07) is -0.150. The molecule has 0 aromatic rings. The van der Waals surface area contributed by atoms with Crippen LogP contribution >= 0.6 is 0 Å². The Morgan fingerprint density at radius 3 is 2.44 bits per heavy atom. The van der Waals surface area contributed by atoms with E-state index < -0.39 is 6.10 Å². The van der Waals surface area contributed by atoms with Gasteiger partial charge < -0.3 is 10.8 Å². The lowest BCUT2D eigenvalue weighted by Gasteiger charge is -2.10. The Balaban J connectivity index is 3.41. The van der Waals surface area contributed by atoms with Crippen LogP contribution < -0.4 is 5.73 Å². The quantitative estimate of drug-likeness (QED) is 0.467. The van der Waals surface area contributed by atoms with Gasteiger partial charge in [-0.3, -0.25) is 0 Å². The summed E-state index contributed by atoms with van der Waals surface area (Å²) in [6.45, 7) is 4.05. The summed E-state index contributed by atoms with van der Waals surface area (Å²) < 4.78 is 0. The summed E-state index contributed by atoms with van der Waals surface area (Å²) in [5.41, 5.74) is 5.54. The zero-order valence-corrected chi connectivity index (χ0v) is 10.7. The minimum Gasteiger partial charge on any atom is -0.391 e. The minimum absolute atomic E-state index is 0.150. The fourth-order valence-electron chi connectivity index (χ4n) is 1.37. The molecule has 0 aromatic carbocycles. The summed E-state index contributed by atoms with van der Waals surface area (Å²) in [7, 11) is 0. The molecule has 0 rings (SSSR count). The number of allylic oxidation sites excluding steroid dienone is 3. The first kappa shape index (κ1) is 15.4. The van der Waals surface area contributed by atoms with Crippen molar-refractivity contribution in [3.63, 3.8) is 0 Å². The zero-order valence-electron chi connectivity index (χ0n) is 10.7. The second kappa shape index (κ2) is 10.9. The van der Waals surface area contributed by atoms with E-state index in [0.717, 1.165) is 6.42 Å². The normalized spacial score (nSPS) is 16.0. The van der Waals surface area contributed by atoms with Gasteiger partial charge in [-0.15, -0.1) is 0 Å². The number of hydrogen-bond acceptors (Lipinski definition) is 2. The van der Waals surface area contributed by atoms with Gasteiger partial charge in [0.1, 0.15) is 0 Å². The molecule has 0 unspecified atom stereocenters. The van der Waals surface area contributed by atoms with Gasteiger partial charge in [-0.2, -0.15) is 0 Å². The third-order valence-corrected chi connectivity index (χ3v) is 2.59. The standard InChI is InChI=1S/C14H27NO/c1-3-4-5-6-7-8-9-10-11-12-14(16)13(2)15/h8-11,13-14,16H,3-7,12,15H2,1-2H3/b9-8+,11-10+/t13-,14-/m1/s1. The van der Waals surface area contributed by atoms with E-state index in [4.69, 9.17) is 5.73 Å². The van der Waals surface area contributed by atoms with Crippen molar-refractivity contribution in [2.45, 2.75) is 64.5 Å². The van der Waals surface area contributed by atoms with Crippen LogP contribution in [0, 0.1) is 0 Å². The molecule has 0 aliphatic carbocycles. The molecule has 2 nitrogen and oxygen atoms in total. The molecule has 3 N–H and O–H groups in total. The minimum atomic E-state index is -0.422. The van der Waals surface area contributed by atoms with Gasteiger partial charge in [0.25, 0.3) is 0 Å². The van der Waals surface area contributed by atoms with Crippen LogP contribution in [0.5, 0.6) is 0 Å². The van der Waals surface area contributed by atoms with Crippen LogP contribution in [0.4, 0.5) is 0 Å². The predicted molar refractivity (Wildman–Crippen MR) is 71.3 cm³/mol. The average Bonchev–Trinajstić information content (AvgIpc) is 2.26. The second-order valence-corrected chi connectivity index (χ2v) is 4.37. The van der Waals surface area contributed by atoms with Crippen molar-refractivity contribution in [1.82, 2.24) is 0 Å². The van der Waals surface area contributed by atoms with Gasteiger partial charge in [-0.05, 0) is 26.2 Å². The van der Waals surface area contributed by atoms with Crippen LogP contribution in [0.3, 0.4) is 0 Å². The predicted octanol–water partition coefficient (Wildman–Crippen LogP) is 3.17. The number of unbranched alkanes of at least 4 members (excludes halogenated alkanes) is 4. The van der Waals surface area contributed by atoms with E-state index in [2.05, 4.69) is 19.1 Å². The Morgan fingerprint density at radius 1 is 1.12 bits per heavy atom. The smallest absolute Gasteiger partial charge is 0.0722 e. The maximum absolute atomic E-state index is 9.43. The molecule has 0 saturated carbocycles. The fraction of sp³-hybridized carbons (Fsp3) is 0.714. The molecule has 16 heavy (non-hydrogen) atoms. The summed E-state index contributed by atoms with van der Waals surface area (Å²) in [5.74, 6) is 0. The summed E-state index contributed by atoms with van der Waals surface area (Å²) in [4.78, 5) is 0. The number of hydrogen-bond donors (Lipinski definition) is 2. The van der Waals surface area contributed by atoms with Crippen LogP contribution in [-0.4, -0.2) is 17.3 Å². The molecule has 2 heteroatoms. The summed E-state index contributed by atoms with van der Waals surface area (Å²) in [6.07, 6.45) is 14.8. The van der Waals surface area contributed by atoms with E-state index in [9.17, 15) is 5.11 Å². The highest BCUT2D eigenvalue weighted by Gasteiger charge is 2.05. The van der Waals surface area contributed by atoms with Crippen molar-refractivity contribution in [2.75, 3.05) is 0 Å². The van der Waals surface area contributed by atoms with Crippen LogP contribution in [0.15, 0.2) is 24.3 Å². The lowest BCUT2D eigenvalue weighted by molar-refractivity contribution is 0.154. The molecule has 0 amide bonds. The van der Waals surface area contributed by atoms with Crippen LogP contribution in [0.25, 0.3) is 0 Å². The Kier molecular flexibility index (Phi) is 10.5. The van der Waals surface area contributed by atoms with Gasteiger partial charge in [0.2, 0.25) is 0 Å². The number of aliphatic hydroxyl groups is 1. The van der Waals surface area contributed by atoms with E-state index in [1.807, 2.05) is 19.1 Å². The molecular weight excluding hydrogens is 198 g/mol. The van der Waals surface area contributed by atoms with E-state index in [1.54, 1.807) is 0 Å². The Hall–Kier alpha value is -0.600. The molecule has 0 aromatic heterocycles. The summed E-state index contributed by atoms with van der Waals surface area (Å²) >= 11 is 0. The lowest BCUT2D eigenvalue weighted by Crippen LogP contribution is -2.30. The second-order valence-electron chi connectivity index (χ2n) is 4.37. The van der Waals surface area contributed by atoms with Crippen molar-refractivity contribution < 1.29 is 5.11 Å². The number of aliphatic hydroxyl groups excluding tert-OH is 1. The molecule has 0 radical (unpaired) electrons. The molecule has 0 aliphatic heterocycles. The Labute approximate surface area is 100 Å². The molecule has 0 fully saturated rings. The van der Waals surface area contributed by atoms with Crippen molar-refractivity contribution in [3.8, 4) is 0 Å². The molecule has 94 valence electrons. The first-order valence-electron chi connectivity index (χ1n) is 6.43. The van der Waals surface area contributed by atoms with Gasteiger partial charge in [-0.25, -0.2) is 0 Å². The van der Waals surface area contributed by atoms with Crippen molar-refractivity contribution in [2.24, 2.45) is 5.73 Å². The molecule has 0 spiro atoms. The van der Waals surface area contributed by atoms with Gasteiger partial charge in [0.15, 0.2) is 0 Å². The first-order valence-corrected chi connectivity index (χ1v) is 6.43. The molecule has 2 atom stereocenters. The van der Waals surface area contributed by atoms with Crippen LogP contribution in [0.2, 0.25) is 0 Å². The van der Waals surface area contributed by atoms with Gasteiger partial charge in [0.05, 0.1) is 6.10 Å². The third kappa shape index (κ3) is 9.94. The van der Waals surface area contributed by atoms with Crippen molar-refractivity contribution in [3.05, 3.63) is 24.3 Å². The van der Waals surface area contributed by atoms with E-state index >= 15 is 0 Å². The lowest BCUT2D eigenvalue weighted by atomic mass is 10.1. The molecular formula is C14H27NO. The van der Waals surface area contributed by atoms with Crippen molar-refractivity contribution in [1.29, 1.82) is 0 Å². The molecule has 0 heterocycles. The van der Waals surface area contributed by atoms with Crippen LogP contribution in [0.1, 0.15) is 52.4 Å². The van der Waals surface area contributed by atoms with Crippen LogP contribution in [-0.2, 0) is 0 Å². The third-order valence-electron chi connectivity index (χ3n) is 2.59. The monoisotopic (exact) mass is 225 g/mol. The SMILES string of the molecule is CCCCCC/C=C/C=C/C[C@@H](O)[C@@H](C)N. The number of nitrogens with two attached hydrogens (primary N) is 1. The van der Waals surface area contributed by atoms with E-state index in [1.165, 1.54) is 25.7 Å². The van der Waals surface area contributed by atoms with Gasteiger partial charge in [-0.1, -0.05) is 50.5 Å². The largest absolute Gasteiger partial charge is 0.391 e. The molecule has 0 bridgehead atoms. The highest BCUT2D eigenvalue weighted by Crippen LogP contribution is 2.03. The maximum atomic E-state index is 9.43. The molecule has 0 saturated heterocycles. The van der Waals surface area contributed by atoms with Gasteiger partial charge in [0, 0.05) is 6.04 Å². The Morgan fingerprint density at radius 2 is 1.81 bits per heavy atom. The first-order chi connectivity index (χ1) is 7.68. The summed E-state index contributed by atoms with van der Waals surface area (Å²) in [5, 5.41) is 9.43. The Bertz CT molecular complexity index is 197.